The molecular weight excluding hydrogens is 250 g/mol. The Morgan fingerprint density at radius 1 is 1.35 bits per heavy atom. The van der Waals surface area contributed by atoms with Gasteiger partial charge in [-0.05, 0) is 51.8 Å². The topological polar surface area (TPSA) is 61.8 Å². The lowest BCUT2D eigenvalue weighted by molar-refractivity contribution is 0.0691. The molecule has 0 unspecified atom stereocenters. The number of hydrogen-bond donors (Lipinski definition) is 1. The van der Waals surface area contributed by atoms with Crippen molar-refractivity contribution in [1.29, 1.82) is 5.26 Å². The Morgan fingerprint density at radius 2 is 2.05 bits per heavy atom. The largest absolute Gasteiger partial charge is 0.393 e. The Kier molecular flexibility index (Phi) is 2.84. The molecule has 0 radical (unpaired) electrons. The quantitative estimate of drug-likeness (QED) is 0.865. The minimum Gasteiger partial charge on any atom is -0.393 e. The van der Waals surface area contributed by atoms with Gasteiger partial charge < -0.3 is 9.67 Å². The molecule has 1 fully saturated rings. The van der Waals surface area contributed by atoms with Crippen LogP contribution in [0.15, 0.2) is 18.2 Å². The summed E-state index contributed by atoms with van der Waals surface area (Å²) in [4.78, 5) is 4.74. The first-order chi connectivity index (χ1) is 9.40. The number of nitriles is 1. The summed E-state index contributed by atoms with van der Waals surface area (Å²) in [5.74, 6) is 1.36. The first-order valence-corrected chi connectivity index (χ1v) is 7.01. The van der Waals surface area contributed by atoms with E-state index in [9.17, 15) is 5.11 Å². The predicted octanol–water partition coefficient (Wildman–Crippen LogP) is 2.90. The second-order valence-electron chi connectivity index (χ2n) is 6.61. The summed E-state index contributed by atoms with van der Waals surface area (Å²) in [6, 6.07) is 7.82. The summed E-state index contributed by atoms with van der Waals surface area (Å²) >= 11 is 0. The zero-order valence-corrected chi connectivity index (χ0v) is 12.1. The molecule has 0 amide bonds. The fraction of sp³-hybridized carbons (Fsp3) is 0.500. The molecule has 0 saturated heterocycles. The van der Waals surface area contributed by atoms with E-state index in [2.05, 4.69) is 31.4 Å². The maximum absolute atomic E-state index is 9.55. The normalized spacial score (nSPS) is 22.6. The highest BCUT2D eigenvalue weighted by Gasteiger charge is 2.35. The monoisotopic (exact) mass is 269 g/mol. The van der Waals surface area contributed by atoms with Crippen molar-refractivity contribution >= 4 is 11.0 Å². The van der Waals surface area contributed by atoms with E-state index in [1.54, 1.807) is 0 Å². The van der Waals surface area contributed by atoms with E-state index >= 15 is 0 Å². The maximum Gasteiger partial charge on any atom is 0.113 e. The Bertz CT molecular complexity index is 697. The van der Waals surface area contributed by atoms with E-state index in [0.717, 1.165) is 29.7 Å². The molecule has 2 aromatic rings. The molecule has 1 saturated carbocycles. The number of hydrogen-bond acceptors (Lipinski definition) is 3. The van der Waals surface area contributed by atoms with Crippen LogP contribution in [0.4, 0.5) is 0 Å². The number of aromatic nitrogens is 2. The van der Waals surface area contributed by atoms with Gasteiger partial charge in [0.2, 0.25) is 0 Å². The smallest absolute Gasteiger partial charge is 0.113 e. The molecule has 3 rings (SSSR count). The van der Waals surface area contributed by atoms with E-state index < -0.39 is 0 Å². The van der Waals surface area contributed by atoms with Crippen LogP contribution in [-0.4, -0.2) is 20.8 Å². The number of rotatable bonds is 1. The highest BCUT2D eigenvalue weighted by atomic mass is 16.3. The van der Waals surface area contributed by atoms with Gasteiger partial charge in [-0.15, -0.1) is 0 Å². The van der Waals surface area contributed by atoms with Gasteiger partial charge in [-0.3, -0.25) is 0 Å². The Morgan fingerprint density at radius 3 is 2.60 bits per heavy atom. The SMILES string of the molecule is CC(C)(C)n1c(C2CC(O)C2)nc2cc(C#N)ccc21. The van der Waals surface area contributed by atoms with Crippen molar-refractivity contribution in [1.82, 2.24) is 9.55 Å². The van der Waals surface area contributed by atoms with Crippen molar-refractivity contribution in [3.8, 4) is 6.07 Å². The molecule has 0 bridgehead atoms. The first-order valence-electron chi connectivity index (χ1n) is 7.01. The Balaban J connectivity index is 2.20. The van der Waals surface area contributed by atoms with Gasteiger partial charge in [0, 0.05) is 11.5 Å². The van der Waals surface area contributed by atoms with E-state index in [0.29, 0.717) is 11.5 Å². The van der Waals surface area contributed by atoms with Crippen molar-refractivity contribution in [2.45, 2.75) is 51.2 Å². The van der Waals surface area contributed by atoms with Gasteiger partial charge in [0.25, 0.3) is 0 Å². The lowest BCUT2D eigenvalue weighted by Gasteiger charge is -2.34. The second kappa shape index (κ2) is 4.32. The zero-order chi connectivity index (χ0) is 14.5. The van der Waals surface area contributed by atoms with Crippen molar-refractivity contribution in [3.63, 3.8) is 0 Å². The predicted molar refractivity (Wildman–Crippen MR) is 77.4 cm³/mol. The summed E-state index contributed by atoms with van der Waals surface area (Å²) < 4.78 is 2.25. The zero-order valence-electron chi connectivity index (χ0n) is 12.1. The molecule has 1 heterocycles. The van der Waals surface area contributed by atoms with E-state index in [1.807, 2.05) is 18.2 Å². The van der Waals surface area contributed by atoms with Crippen molar-refractivity contribution < 1.29 is 5.11 Å². The summed E-state index contributed by atoms with van der Waals surface area (Å²) in [5, 5.41) is 18.6. The Labute approximate surface area is 118 Å². The minimum atomic E-state index is -0.192. The van der Waals surface area contributed by atoms with Crippen LogP contribution in [0.1, 0.15) is 50.9 Å². The second-order valence-corrected chi connectivity index (χ2v) is 6.61. The standard InChI is InChI=1S/C16H19N3O/c1-16(2,3)19-14-5-4-10(9-17)6-13(14)18-15(19)11-7-12(20)8-11/h4-6,11-12,20H,7-8H2,1-3H3. The van der Waals surface area contributed by atoms with Crippen LogP contribution in [0.5, 0.6) is 0 Å². The van der Waals surface area contributed by atoms with Crippen LogP contribution < -0.4 is 0 Å². The molecule has 1 aliphatic rings. The molecule has 1 N–H and O–H groups in total. The highest BCUT2D eigenvalue weighted by Crippen LogP contribution is 2.39. The summed E-state index contributed by atoms with van der Waals surface area (Å²) in [6.45, 7) is 6.47. The van der Waals surface area contributed by atoms with Crippen LogP contribution in [0.2, 0.25) is 0 Å². The molecular formula is C16H19N3O. The van der Waals surface area contributed by atoms with Crippen LogP contribution >= 0.6 is 0 Å². The first kappa shape index (κ1) is 13.1. The lowest BCUT2D eigenvalue weighted by atomic mass is 9.81. The van der Waals surface area contributed by atoms with Gasteiger partial charge in [-0.1, -0.05) is 0 Å². The number of aliphatic hydroxyl groups is 1. The van der Waals surface area contributed by atoms with Gasteiger partial charge >= 0.3 is 0 Å². The van der Waals surface area contributed by atoms with Crippen LogP contribution in [0, 0.1) is 11.3 Å². The number of imidazole rings is 1. The molecule has 0 spiro atoms. The molecule has 1 aliphatic carbocycles. The van der Waals surface area contributed by atoms with Gasteiger partial charge in [0.15, 0.2) is 0 Å². The maximum atomic E-state index is 9.55. The third kappa shape index (κ3) is 1.99. The molecule has 1 aromatic heterocycles. The van der Waals surface area contributed by atoms with Crippen LogP contribution in [0.3, 0.4) is 0 Å². The number of benzene rings is 1. The van der Waals surface area contributed by atoms with E-state index in [4.69, 9.17) is 10.2 Å². The van der Waals surface area contributed by atoms with E-state index in [-0.39, 0.29) is 11.6 Å². The molecule has 1 aromatic carbocycles. The van der Waals surface area contributed by atoms with Crippen molar-refractivity contribution in [2.75, 3.05) is 0 Å². The average molecular weight is 269 g/mol. The minimum absolute atomic E-state index is 0.0706. The number of aliphatic hydroxyl groups excluding tert-OH is 1. The molecule has 4 nitrogen and oxygen atoms in total. The third-order valence-electron chi connectivity index (χ3n) is 3.96. The average Bonchev–Trinajstić information content (AvgIpc) is 2.72. The fourth-order valence-electron chi connectivity index (χ4n) is 2.95. The van der Waals surface area contributed by atoms with Gasteiger partial charge in [0.1, 0.15) is 5.82 Å². The van der Waals surface area contributed by atoms with Crippen molar-refractivity contribution in [2.24, 2.45) is 0 Å². The lowest BCUT2D eigenvalue weighted by Crippen LogP contribution is -2.32. The molecule has 0 atom stereocenters. The molecule has 4 heteroatoms. The van der Waals surface area contributed by atoms with Gasteiger partial charge in [-0.25, -0.2) is 4.98 Å². The van der Waals surface area contributed by atoms with Crippen LogP contribution in [0.25, 0.3) is 11.0 Å². The summed E-state index contributed by atoms with van der Waals surface area (Å²) in [6.07, 6.45) is 1.37. The molecule has 20 heavy (non-hydrogen) atoms. The number of fused-ring (bicyclic) bond motifs is 1. The fourth-order valence-corrected chi connectivity index (χ4v) is 2.95. The van der Waals surface area contributed by atoms with Gasteiger partial charge in [0.05, 0.1) is 28.8 Å². The van der Waals surface area contributed by atoms with Crippen LogP contribution in [-0.2, 0) is 5.54 Å². The van der Waals surface area contributed by atoms with Crippen molar-refractivity contribution in [3.05, 3.63) is 29.6 Å². The molecule has 0 aliphatic heterocycles. The van der Waals surface area contributed by atoms with E-state index in [1.165, 1.54) is 0 Å². The Hall–Kier alpha value is -1.86. The molecule has 104 valence electrons. The van der Waals surface area contributed by atoms with Gasteiger partial charge in [-0.2, -0.15) is 5.26 Å². The number of nitrogens with zero attached hydrogens (tertiary/aromatic N) is 3. The third-order valence-corrected chi connectivity index (χ3v) is 3.96. The summed E-state index contributed by atoms with van der Waals surface area (Å²) in [5.41, 5.74) is 2.50. The highest BCUT2D eigenvalue weighted by molar-refractivity contribution is 5.78. The summed E-state index contributed by atoms with van der Waals surface area (Å²) in [7, 11) is 0.